The van der Waals surface area contributed by atoms with E-state index in [0.29, 0.717) is 10.5 Å². The zero-order valence-electron chi connectivity index (χ0n) is 10.9. The minimum Gasteiger partial charge on any atom is -0.396 e. The van der Waals surface area contributed by atoms with Crippen LogP contribution in [-0.4, -0.2) is 23.0 Å². The van der Waals surface area contributed by atoms with Crippen molar-refractivity contribution in [1.29, 1.82) is 0 Å². The molecular weight excluding hydrogens is 230 g/mol. The average Bonchev–Trinajstić information content (AvgIpc) is 2.27. The maximum Gasteiger partial charge on any atom is 0.0450 e. The van der Waals surface area contributed by atoms with Gasteiger partial charge >= 0.3 is 0 Å². The van der Waals surface area contributed by atoms with Gasteiger partial charge in [-0.25, -0.2) is 0 Å². The van der Waals surface area contributed by atoms with E-state index in [1.165, 1.54) is 11.1 Å². The molecule has 1 aromatic carbocycles. The van der Waals surface area contributed by atoms with Crippen molar-refractivity contribution in [2.24, 2.45) is 5.73 Å². The maximum absolute atomic E-state index is 8.97. The summed E-state index contributed by atoms with van der Waals surface area (Å²) in [4.78, 5) is 0. The summed E-state index contributed by atoms with van der Waals surface area (Å²) in [6, 6.07) is 8.51. The molecule has 0 aliphatic heterocycles. The zero-order chi connectivity index (χ0) is 12.8. The molecule has 1 aromatic rings. The Labute approximate surface area is 109 Å². The van der Waals surface area contributed by atoms with Crippen molar-refractivity contribution in [3.63, 3.8) is 0 Å². The lowest BCUT2D eigenvalue weighted by Crippen LogP contribution is -2.24. The second-order valence-electron chi connectivity index (χ2n) is 4.60. The van der Waals surface area contributed by atoms with E-state index in [4.69, 9.17) is 10.8 Å². The van der Waals surface area contributed by atoms with Crippen molar-refractivity contribution < 1.29 is 5.11 Å². The summed E-state index contributed by atoms with van der Waals surface area (Å²) in [6.07, 6.45) is 0.819. The first-order valence-corrected chi connectivity index (χ1v) is 7.08. The largest absolute Gasteiger partial charge is 0.396 e. The molecule has 0 spiro atoms. The summed E-state index contributed by atoms with van der Waals surface area (Å²) >= 11 is 1.86. The van der Waals surface area contributed by atoms with Crippen LogP contribution in [0.1, 0.15) is 36.6 Å². The number of hydrogen-bond acceptors (Lipinski definition) is 3. The van der Waals surface area contributed by atoms with Gasteiger partial charge in [0.2, 0.25) is 0 Å². The quantitative estimate of drug-likeness (QED) is 0.819. The van der Waals surface area contributed by atoms with Crippen molar-refractivity contribution in [3.8, 4) is 0 Å². The van der Waals surface area contributed by atoms with Crippen LogP contribution < -0.4 is 5.73 Å². The second kappa shape index (κ2) is 7.04. The number of benzene rings is 1. The first-order chi connectivity index (χ1) is 8.06. The summed E-state index contributed by atoms with van der Waals surface area (Å²) in [5.41, 5.74) is 8.71. The Morgan fingerprint density at radius 2 is 1.94 bits per heavy atom. The molecule has 0 fully saturated rings. The number of hydrogen-bond donors (Lipinski definition) is 2. The average molecular weight is 253 g/mol. The predicted molar refractivity (Wildman–Crippen MR) is 76.3 cm³/mol. The van der Waals surface area contributed by atoms with Crippen LogP contribution in [0.4, 0.5) is 0 Å². The van der Waals surface area contributed by atoms with Gasteiger partial charge in [0.1, 0.15) is 0 Å². The highest BCUT2D eigenvalue weighted by Gasteiger charge is 2.20. The van der Waals surface area contributed by atoms with Crippen LogP contribution in [0.5, 0.6) is 0 Å². The van der Waals surface area contributed by atoms with Gasteiger partial charge in [0.15, 0.2) is 0 Å². The van der Waals surface area contributed by atoms with Gasteiger partial charge in [-0.1, -0.05) is 31.2 Å². The highest BCUT2D eigenvalue weighted by Crippen LogP contribution is 2.36. The summed E-state index contributed by atoms with van der Waals surface area (Å²) in [6.45, 7) is 6.57. The second-order valence-corrected chi connectivity index (χ2v) is 6.18. The zero-order valence-corrected chi connectivity index (χ0v) is 11.7. The van der Waals surface area contributed by atoms with E-state index >= 15 is 0 Å². The fourth-order valence-electron chi connectivity index (χ4n) is 1.89. The van der Waals surface area contributed by atoms with Gasteiger partial charge in [-0.15, -0.1) is 11.8 Å². The number of aliphatic hydroxyl groups is 1. The van der Waals surface area contributed by atoms with Gasteiger partial charge in [0.05, 0.1) is 0 Å². The van der Waals surface area contributed by atoms with E-state index < -0.39 is 0 Å². The number of aliphatic hydroxyl groups excluding tert-OH is 1. The summed E-state index contributed by atoms with van der Waals surface area (Å²) < 4.78 is 0. The monoisotopic (exact) mass is 253 g/mol. The van der Waals surface area contributed by atoms with Crippen LogP contribution in [0, 0.1) is 6.92 Å². The van der Waals surface area contributed by atoms with Crippen molar-refractivity contribution >= 4 is 11.8 Å². The van der Waals surface area contributed by atoms with Gasteiger partial charge in [0, 0.05) is 23.1 Å². The Morgan fingerprint density at radius 1 is 1.29 bits per heavy atom. The minimum atomic E-state index is 0.113. The van der Waals surface area contributed by atoms with Gasteiger partial charge in [-0.3, -0.25) is 0 Å². The van der Waals surface area contributed by atoms with Gasteiger partial charge in [-0.2, -0.15) is 0 Å². The molecule has 3 heteroatoms. The van der Waals surface area contributed by atoms with Crippen molar-refractivity contribution in [2.75, 3.05) is 6.61 Å². The van der Waals surface area contributed by atoms with E-state index in [1.807, 2.05) is 11.8 Å². The van der Waals surface area contributed by atoms with Crippen molar-refractivity contribution in [2.45, 2.75) is 43.7 Å². The Bertz CT molecular complexity index is 341. The summed E-state index contributed by atoms with van der Waals surface area (Å²) in [7, 11) is 0. The fourth-order valence-corrected chi connectivity index (χ4v) is 3.29. The first kappa shape index (κ1) is 14.6. The summed E-state index contributed by atoms with van der Waals surface area (Å²) in [5, 5.41) is 9.70. The molecule has 0 radical (unpaired) electrons. The first-order valence-electron chi connectivity index (χ1n) is 6.13. The smallest absolute Gasteiger partial charge is 0.0450 e. The molecule has 3 N–H and O–H groups in total. The topological polar surface area (TPSA) is 46.2 Å². The standard InChI is InChI=1S/C14H23NOS/c1-10-6-4-5-7-13(10)14(12(3)15)17-11(2)8-9-16/h4-7,11-12,14,16H,8-9,15H2,1-3H3. The molecule has 96 valence electrons. The molecule has 0 aliphatic carbocycles. The molecule has 3 unspecified atom stereocenters. The highest BCUT2D eigenvalue weighted by atomic mass is 32.2. The normalized spacial score (nSPS) is 16.5. The number of aryl methyl sites for hydroxylation is 1. The minimum absolute atomic E-state index is 0.113. The molecule has 2 nitrogen and oxygen atoms in total. The molecule has 17 heavy (non-hydrogen) atoms. The number of rotatable bonds is 6. The Morgan fingerprint density at radius 3 is 2.47 bits per heavy atom. The summed E-state index contributed by atoms with van der Waals surface area (Å²) in [5.74, 6) is 0. The van der Waals surface area contributed by atoms with Crippen LogP contribution in [0.25, 0.3) is 0 Å². The molecule has 0 aromatic heterocycles. The lowest BCUT2D eigenvalue weighted by molar-refractivity contribution is 0.288. The lowest BCUT2D eigenvalue weighted by Gasteiger charge is -2.25. The Kier molecular flexibility index (Phi) is 6.03. The third-order valence-corrected chi connectivity index (χ3v) is 4.56. The van der Waals surface area contributed by atoms with E-state index in [1.54, 1.807) is 0 Å². The molecular formula is C14H23NOS. The molecule has 0 bridgehead atoms. The molecule has 1 rings (SSSR count). The predicted octanol–water partition coefficient (Wildman–Crippen LogP) is 2.89. The van der Waals surface area contributed by atoms with Crippen LogP contribution in [0.15, 0.2) is 24.3 Å². The van der Waals surface area contributed by atoms with Crippen LogP contribution in [0.2, 0.25) is 0 Å². The van der Waals surface area contributed by atoms with Gasteiger partial charge in [0.25, 0.3) is 0 Å². The van der Waals surface area contributed by atoms with Crippen molar-refractivity contribution in [3.05, 3.63) is 35.4 Å². The van der Waals surface area contributed by atoms with Gasteiger partial charge in [-0.05, 0) is 31.4 Å². The van der Waals surface area contributed by atoms with Crippen molar-refractivity contribution in [1.82, 2.24) is 0 Å². The molecule has 0 amide bonds. The van der Waals surface area contributed by atoms with E-state index in [-0.39, 0.29) is 12.6 Å². The lowest BCUT2D eigenvalue weighted by atomic mass is 10.0. The van der Waals surface area contributed by atoms with E-state index in [2.05, 4.69) is 45.0 Å². The molecule has 0 heterocycles. The molecule has 0 saturated heterocycles. The maximum atomic E-state index is 8.97. The van der Waals surface area contributed by atoms with Crippen LogP contribution >= 0.6 is 11.8 Å². The third kappa shape index (κ3) is 4.34. The van der Waals surface area contributed by atoms with E-state index in [0.717, 1.165) is 6.42 Å². The Hall–Kier alpha value is -0.510. The third-order valence-electron chi connectivity index (χ3n) is 2.89. The number of nitrogens with two attached hydrogens (primary N) is 1. The van der Waals surface area contributed by atoms with Crippen LogP contribution in [-0.2, 0) is 0 Å². The van der Waals surface area contributed by atoms with E-state index in [9.17, 15) is 0 Å². The SMILES string of the molecule is Cc1ccccc1C(SC(C)CCO)C(C)N. The molecule has 0 aliphatic rings. The number of thioether (sulfide) groups is 1. The van der Waals surface area contributed by atoms with Crippen LogP contribution in [0.3, 0.4) is 0 Å². The Balaban J connectivity index is 2.83. The van der Waals surface area contributed by atoms with Gasteiger partial charge < -0.3 is 10.8 Å². The highest BCUT2D eigenvalue weighted by molar-refractivity contribution is 8.00. The molecule has 0 saturated carbocycles. The fraction of sp³-hybridized carbons (Fsp3) is 0.571. The molecule has 3 atom stereocenters.